The van der Waals surface area contributed by atoms with Gasteiger partial charge in [-0.3, -0.25) is 9.48 Å². The van der Waals surface area contributed by atoms with Crippen LogP contribution in [0.25, 0.3) is 0 Å². The van der Waals surface area contributed by atoms with Gasteiger partial charge in [-0.25, -0.2) is 0 Å². The van der Waals surface area contributed by atoms with E-state index in [9.17, 15) is 18.0 Å². The highest BCUT2D eigenvalue weighted by molar-refractivity contribution is 9.10. The van der Waals surface area contributed by atoms with E-state index in [1.807, 2.05) is 0 Å². The van der Waals surface area contributed by atoms with Crippen LogP contribution in [-0.2, 0) is 12.7 Å². The Hall–Kier alpha value is -1.83. The van der Waals surface area contributed by atoms with Gasteiger partial charge < -0.3 is 5.32 Å². The molecule has 2 rings (SSSR count). The number of benzene rings is 1. The van der Waals surface area contributed by atoms with E-state index in [4.69, 9.17) is 0 Å². The number of aromatic nitrogens is 2. The molecule has 0 unspecified atom stereocenters. The molecule has 1 N–H and O–H groups in total. The topological polar surface area (TPSA) is 46.9 Å². The summed E-state index contributed by atoms with van der Waals surface area (Å²) in [6, 6.07) is 7.72. The van der Waals surface area contributed by atoms with E-state index in [0.29, 0.717) is 5.56 Å². The Balaban J connectivity index is 1.87. The average Bonchev–Trinajstić information content (AvgIpc) is 2.87. The zero-order valence-electron chi connectivity index (χ0n) is 10.7. The first-order valence-corrected chi connectivity index (χ1v) is 6.80. The summed E-state index contributed by atoms with van der Waals surface area (Å²) in [5, 5.41) is 6.02. The van der Waals surface area contributed by atoms with Crippen LogP contribution in [-0.4, -0.2) is 22.2 Å². The molecule has 2 aromatic rings. The predicted octanol–water partition coefficient (Wildman–Crippen LogP) is 3.09. The molecule has 0 radical (unpaired) electrons. The summed E-state index contributed by atoms with van der Waals surface area (Å²) in [5.74, 6) is -0.292. The van der Waals surface area contributed by atoms with E-state index in [1.165, 1.54) is 6.20 Å². The monoisotopic (exact) mass is 361 g/mol. The van der Waals surface area contributed by atoms with Gasteiger partial charge in [-0.15, -0.1) is 0 Å². The Bertz CT molecular complexity index is 640. The number of amides is 1. The largest absolute Gasteiger partial charge is 0.435 e. The van der Waals surface area contributed by atoms with Gasteiger partial charge in [-0.1, -0.05) is 22.0 Å². The molecule has 21 heavy (non-hydrogen) atoms. The minimum atomic E-state index is -4.45. The minimum Gasteiger partial charge on any atom is -0.350 e. The van der Waals surface area contributed by atoms with Crippen LogP contribution in [0.15, 0.2) is 41.0 Å². The molecule has 112 valence electrons. The third-order valence-electron chi connectivity index (χ3n) is 2.64. The van der Waals surface area contributed by atoms with Gasteiger partial charge in [0.1, 0.15) is 0 Å². The lowest BCUT2D eigenvalue weighted by Crippen LogP contribution is -2.27. The molecule has 0 aliphatic rings. The van der Waals surface area contributed by atoms with E-state index in [2.05, 4.69) is 26.3 Å². The van der Waals surface area contributed by atoms with Crippen molar-refractivity contribution in [3.8, 4) is 0 Å². The summed E-state index contributed by atoms with van der Waals surface area (Å²) in [6.45, 7) is 0.347. The SMILES string of the molecule is O=C(NCCn1ccc(C(F)(F)F)n1)c1cccc(Br)c1. The molecule has 0 spiro atoms. The smallest absolute Gasteiger partial charge is 0.350 e. The molecule has 0 saturated heterocycles. The molecule has 0 bridgehead atoms. The zero-order chi connectivity index (χ0) is 15.5. The van der Waals surface area contributed by atoms with Crippen LogP contribution in [0.3, 0.4) is 0 Å². The van der Waals surface area contributed by atoms with Gasteiger partial charge >= 0.3 is 6.18 Å². The maximum absolute atomic E-state index is 12.4. The van der Waals surface area contributed by atoms with Crippen molar-refractivity contribution in [2.75, 3.05) is 6.54 Å². The number of hydrogen-bond acceptors (Lipinski definition) is 2. The van der Waals surface area contributed by atoms with Crippen LogP contribution in [0.2, 0.25) is 0 Å². The molecule has 0 atom stereocenters. The molecule has 1 amide bonds. The normalized spacial score (nSPS) is 11.4. The Morgan fingerprint density at radius 2 is 2.10 bits per heavy atom. The number of hydrogen-bond donors (Lipinski definition) is 1. The fourth-order valence-electron chi connectivity index (χ4n) is 1.65. The van der Waals surface area contributed by atoms with Crippen molar-refractivity contribution >= 4 is 21.8 Å². The number of rotatable bonds is 4. The van der Waals surface area contributed by atoms with E-state index >= 15 is 0 Å². The first kappa shape index (κ1) is 15.6. The number of carbonyl (C=O) groups is 1. The first-order valence-electron chi connectivity index (χ1n) is 6.01. The highest BCUT2D eigenvalue weighted by Crippen LogP contribution is 2.27. The number of halogens is 4. The Morgan fingerprint density at radius 3 is 2.71 bits per heavy atom. The van der Waals surface area contributed by atoms with E-state index in [0.717, 1.165) is 15.2 Å². The Kier molecular flexibility index (Phi) is 4.66. The van der Waals surface area contributed by atoms with Gasteiger partial charge in [-0.2, -0.15) is 18.3 Å². The van der Waals surface area contributed by atoms with Crippen molar-refractivity contribution in [1.29, 1.82) is 0 Å². The van der Waals surface area contributed by atoms with E-state index in [1.54, 1.807) is 24.3 Å². The molecule has 1 heterocycles. The fourth-order valence-corrected chi connectivity index (χ4v) is 2.05. The van der Waals surface area contributed by atoms with E-state index in [-0.39, 0.29) is 19.0 Å². The van der Waals surface area contributed by atoms with Crippen LogP contribution in [0.5, 0.6) is 0 Å². The number of nitrogens with one attached hydrogen (secondary N) is 1. The third kappa shape index (κ3) is 4.32. The van der Waals surface area contributed by atoms with Gasteiger partial charge in [0.05, 0.1) is 6.54 Å². The van der Waals surface area contributed by atoms with Gasteiger partial charge in [0.15, 0.2) is 5.69 Å². The maximum Gasteiger partial charge on any atom is 0.435 e. The van der Waals surface area contributed by atoms with Crippen molar-refractivity contribution in [3.63, 3.8) is 0 Å². The number of nitrogens with zero attached hydrogens (tertiary/aromatic N) is 2. The van der Waals surface area contributed by atoms with Crippen molar-refractivity contribution in [3.05, 3.63) is 52.3 Å². The van der Waals surface area contributed by atoms with Gasteiger partial charge in [-0.05, 0) is 24.3 Å². The van der Waals surface area contributed by atoms with Gasteiger partial charge in [0, 0.05) is 22.8 Å². The molecular weight excluding hydrogens is 351 g/mol. The Morgan fingerprint density at radius 1 is 1.33 bits per heavy atom. The lowest BCUT2D eigenvalue weighted by Gasteiger charge is -2.06. The van der Waals surface area contributed by atoms with Gasteiger partial charge in [0.25, 0.3) is 5.91 Å². The van der Waals surface area contributed by atoms with Crippen molar-refractivity contribution in [1.82, 2.24) is 15.1 Å². The highest BCUT2D eigenvalue weighted by Gasteiger charge is 2.33. The summed E-state index contributed by atoms with van der Waals surface area (Å²) in [6.07, 6.45) is -3.22. The summed E-state index contributed by atoms with van der Waals surface area (Å²) in [4.78, 5) is 11.8. The first-order chi connectivity index (χ1) is 9.86. The average molecular weight is 362 g/mol. The lowest BCUT2D eigenvalue weighted by molar-refractivity contribution is -0.141. The standard InChI is InChI=1S/C13H11BrF3N3O/c14-10-3-1-2-9(8-10)12(21)18-5-7-20-6-4-11(19-20)13(15,16)17/h1-4,6,8H,5,7H2,(H,18,21). The maximum atomic E-state index is 12.4. The molecule has 0 saturated carbocycles. The molecule has 8 heteroatoms. The summed E-state index contributed by atoms with van der Waals surface area (Å²) in [7, 11) is 0. The van der Waals surface area contributed by atoms with Crippen LogP contribution in [0.4, 0.5) is 13.2 Å². The molecular formula is C13H11BrF3N3O. The second kappa shape index (κ2) is 6.30. The number of alkyl halides is 3. The summed E-state index contributed by atoms with van der Waals surface area (Å²) in [5.41, 5.74) is -0.471. The predicted molar refractivity (Wildman–Crippen MR) is 73.7 cm³/mol. The van der Waals surface area contributed by atoms with Crippen molar-refractivity contribution < 1.29 is 18.0 Å². The van der Waals surface area contributed by atoms with E-state index < -0.39 is 11.9 Å². The molecule has 1 aromatic carbocycles. The summed E-state index contributed by atoms with van der Waals surface area (Å²) < 4.78 is 39.0. The Labute approximate surface area is 127 Å². The quantitative estimate of drug-likeness (QED) is 0.909. The van der Waals surface area contributed by atoms with Crippen molar-refractivity contribution in [2.45, 2.75) is 12.7 Å². The second-order valence-electron chi connectivity index (χ2n) is 4.23. The molecule has 1 aromatic heterocycles. The number of carbonyl (C=O) groups excluding carboxylic acids is 1. The van der Waals surface area contributed by atoms with Crippen LogP contribution in [0, 0.1) is 0 Å². The zero-order valence-corrected chi connectivity index (χ0v) is 12.3. The van der Waals surface area contributed by atoms with Crippen LogP contribution >= 0.6 is 15.9 Å². The lowest BCUT2D eigenvalue weighted by atomic mass is 10.2. The molecule has 0 fully saturated rings. The third-order valence-corrected chi connectivity index (χ3v) is 3.14. The molecule has 0 aliphatic carbocycles. The van der Waals surface area contributed by atoms with Gasteiger partial charge in [0.2, 0.25) is 0 Å². The molecule has 0 aliphatic heterocycles. The second-order valence-corrected chi connectivity index (χ2v) is 5.14. The molecule has 4 nitrogen and oxygen atoms in total. The van der Waals surface area contributed by atoms with Crippen LogP contribution < -0.4 is 5.32 Å². The minimum absolute atomic E-state index is 0.163. The summed E-state index contributed by atoms with van der Waals surface area (Å²) >= 11 is 3.26. The fraction of sp³-hybridized carbons (Fsp3) is 0.231. The van der Waals surface area contributed by atoms with Crippen LogP contribution in [0.1, 0.15) is 16.1 Å². The van der Waals surface area contributed by atoms with Crippen molar-refractivity contribution in [2.24, 2.45) is 0 Å². The highest BCUT2D eigenvalue weighted by atomic mass is 79.9.